The lowest BCUT2D eigenvalue weighted by molar-refractivity contribution is 0.618. The molecular formula is C14H17ClFN3. The van der Waals surface area contributed by atoms with Crippen LogP contribution in [0.4, 0.5) is 4.39 Å². The molecule has 0 unspecified atom stereocenters. The van der Waals surface area contributed by atoms with E-state index in [0.29, 0.717) is 11.6 Å². The Morgan fingerprint density at radius 1 is 1.37 bits per heavy atom. The standard InChI is InChI=1S/C14H17ClFN3/c1-2-6-17-9-13-5-7-19(18-13)10-11-3-4-12(16)8-14(11)15/h3-5,7-8,17H,2,6,9-10H2,1H3. The lowest BCUT2D eigenvalue weighted by Gasteiger charge is -2.05. The molecule has 0 bridgehead atoms. The molecule has 0 saturated heterocycles. The van der Waals surface area contributed by atoms with Crippen LogP contribution in [0.3, 0.4) is 0 Å². The molecule has 1 aromatic carbocycles. The maximum atomic E-state index is 12.9. The molecule has 2 rings (SSSR count). The first kappa shape index (κ1) is 14.0. The van der Waals surface area contributed by atoms with E-state index < -0.39 is 0 Å². The van der Waals surface area contributed by atoms with Crippen LogP contribution in [-0.2, 0) is 13.1 Å². The Balaban J connectivity index is 1.99. The third-order valence-electron chi connectivity index (χ3n) is 2.78. The van der Waals surface area contributed by atoms with E-state index in [9.17, 15) is 4.39 Å². The van der Waals surface area contributed by atoms with Gasteiger partial charge in [0, 0.05) is 17.8 Å². The average Bonchev–Trinajstić information content (AvgIpc) is 2.81. The van der Waals surface area contributed by atoms with Crippen molar-refractivity contribution >= 4 is 11.6 Å². The van der Waals surface area contributed by atoms with Gasteiger partial charge in [0.1, 0.15) is 5.82 Å². The van der Waals surface area contributed by atoms with Crippen molar-refractivity contribution in [3.05, 3.63) is 52.6 Å². The molecule has 0 radical (unpaired) electrons. The summed E-state index contributed by atoms with van der Waals surface area (Å²) in [6, 6.07) is 6.40. The molecule has 2 aromatic rings. The lowest BCUT2D eigenvalue weighted by atomic mass is 10.2. The van der Waals surface area contributed by atoms with E-state index >= 15 is 0 Å². The third kappa shape index (κ3) is 4.04. The van der Waals surface area contributed by atoms with Crippen LogP contribution in [0.25, 0.3) is 0 Å². The van der Waals surface area contributed by atoms with Crippen molar-refractivity contribution < 1.29 is 4.39 Å². The molecule has 0 spiro atoms. The Hall–Kier alpha value is -1.39. The lowest BCUT2D eigenvalue weighted by Crippen LogP contribution is -2.14. The molecule has 0 aliphatic carbocycles. The topological polar surface area (TPSA) is 29.9 Å². The summed E-state index contributed by atoms with van der Waals surface area (Å²) in [6.45, 7) is 4.42. The van der Waals surface area contributed by atoms with Crippen molar-refractivity contribution in [3.8, 4) is 0 Å². The Kier molecular flexibility index (Phi) is 4.93. The second kappa shape index (κ2) is 6.68. The molecule has 0 aliphatic rings. The highest BCUT2D eigenvalue weighted by Crippen LogP contribution is 2.18. The van der Waals surface area contributed by atoms with Crippen LogP contribution in [0, 0.1) is 5.82 Å². The Morgan fingerprint density at radius 2 is 2.21 bits per heavy atom. The van der Waals surface area contributed by atoms with E-state index in [4.69, 9.17) is 11.6 Å². The van der Waals surface area contributed by atoms with Gasteiger partial charge in [0.2, 0.25) is 0 Å². The summed E-state index contributed by atoms with van der Waals surface area (Å²) in [5.74, 6) is -0.321. The first-order valence-electron chi connectivity index (χ1n) is 6.36. The number of hydrogen-bond acceptors (Lipinski definition) is 2. The average molecular weight is 282 g/mol. The first-order valence-corrected chi connectivity index (χ1v) is 6.74. The third-order valence-corrected chi connectivity index (χ3v) is 3.13. The van der Waals surface area contributed by atoms with Crippen LogP contribution in [0.5, 0.6) is 0 Å². The van der Waals surface area contributed by atoms with Gasteiger partial charge < -0.3 is 5.32 Å². The second-order valence-corrected chi connectivity index (χ2v) is 4.82. The second-order valence-electron chi connectivity index (χ2n) is 4.42. The summed E-state index contributed by atoms with van der Waals surface area (Å²) in [5.41, 5.74) is 1.85. The van der Waals surface area contributed by atoms with E-state index in [2.05, 4.69) is 17.3 Å². The molecule has 0 aliphatic heterocycles. The van der Waals surface area contributed by atoms with Gasteiger partial charge in [-0.2, -0.15) is 5.10 Å². The van der Waals surface area contributed by atoms with Gasteiger partial charge >= 0.3 is 0 Å². The van der Waals surface area contributed by atoms with Crippen molar-refractivity contribution in [1.29, 1.82) is 0 Å². The highest BCUT2D eigenvalue weighted by molar-refractivity contribution is 6.31. The summed E-state index contributed by atoms with van der Waals surface area (Å²) in [6.07, 6.45) is 3.01. The molecule has 0 fully saturated rings. The fourth-order valence-electron chi connectivity index (χ4n) is 1.80. The van der Waals surface area contributed by atoms with E-state index in [0.717, 1.165) is 30.8 Å². The molecule has 3 nitrogen and oxygen atoms in total. The van der Waals surface area contributed by atoms with E-state index in [1.807, 2.05) is 16.9 Å². The molecule has 0 saturated carbocycles. The SMILES string of the molecule is CCCNCc1ccn(Cc2ccc(F)cc2Cl)n1. The van der Waals surface area contributed by atoms with Crippen molar-refractivity contribution in [2.24, 2.45) is 0 Å². The molecule has 1 aromatic heterocycles. The summed E-state index contributed by atoms with van der Waals surface area (Å²) >= 11 is 6.00. The van der Waals surface area contributed by atoms with Crippen LogP contribution in [0.1, 0.15) is 24.6 Å². The number of hydrogen-bond donors (Lipinski definition) is 1. The van der Waals surface area contributed by atoms with Crippen LogP contribution >= 0.6 is 11.6 Å². The zero-order chi connectivity index (χ0) is 13.7. The normalized spacial score (nSPS) is 10.9. The zero-order valence-electron chi connectivity index (χ0n) is 10.9. The van der Waals surface area contributed by atoms with Gasteiger partial charge in [-0.1, -0.05) is 24.6 Å². The van der Waals surface area contributed by atoms with Crippen LogP contribution < -0.4 is 5.32 Å². The quantitative estimate of drug-likeness (QED) is 0.824. The van der Waals surface area contributed by atoms with Gasteiger partial charge in [-0.25, -0.2) is 4.39 Å². The van der Waals surface area contributed by atoms with E-state index in [1.54, 1.807) is 6.07 Å². The molecule has 19 heavy (non-hydrogen) atoms. The Labute approximate surface area is 117 Å². The summed E-state index contributed by atoms with van der Waals surface area (Å²) in [7, 11) is 0. The highest BCUT2D eigenvalue weighted by Gasteiger charge is 2.04. The zero-order valence-corrected chi connectivity index (χ0v) is 11.6. The van der Waals surface area contributed by atoms with E-state index in [1.165, 1.54) is 12.1 Å². The van der Waals surface area contributed by atoms with Crippen molar-refractivity contribution in [3.63, 3.8) is 0 Å². The van der Waals surface area contributed by atoms with Gasteiger partial charge in [0.25, 0.3) is 0 Å². The van der Waals surface area contributed by atoms with Crippen LogP contribution in [0.15, 0.2) is 30.5 Å². The van der Waals surface area contributed by atoms with Crippen LogP contribution in [0.2, 0.25) is 5.02 Å². The summed E-state index contributed by atoms with van der Waals surface area (Å²) < 4.78 is 14.8. The number of nitrogens with one attached hydrogen (secondary N) is 1. The van der Waals surface area contributed by atoms with Gasteiger partial charge in [0.05, 0.1) is 12.2 Å². The number of aromatic nitrogens is 2. The number of benzene rings is 1. The van der Waals surface area contributed by atoms with Gasteiger partial charge in [-0.15, -0.1) is 0 Å². The summed E-state index contributed by atoms with van der Waals surface area (Å²) in [4.78, 5) is 0. The Bertz CT molecular complexity index is 539. The van der Waals surface area contributed by atoms with Gasteiger partial charge in [-0.3, -0.25) is 4.68 Å². The number of halogens is 2. The predicted octanol–water partition coefficient (Wildman–Crippen LogP) is 3.22. The predicted molar refractivity (Wildman–Crippen MR) is 74.7 cm³/mol. The molecule has 102 valence electrons. The molecule has 0 atom stereocenters. The monoisotopic (exact) mass is 281 g/mol. The minimum atomic E-state index is -0.321. The fourth-order valence-corrected chi connectivity index (χ4v) is 2.03. The first-order chi connectivity index (χ1) is 9.19. The Morgan fingerprint density at radius 3 is 2.95 bits per heavy atom. The van der Waals surface area contributed by atoms with Crippen LogP contribution in [-0.4, -0.2) is 16.3 Å². The van der Waals surface area contributed by atoms with Crippen molar-refractivity contribution in [1.82, 2.24) is 15.1 Å². The smallest absolute Gasteiger partial charge is 0.124 e. The molecule has 5 heteroatoms. The van der Waals surface area contributed by atoms with Crippen molar-refractivity contribution in [2.75, 3.05) is 6.54 Å². The summed E-state index contributed by atoms with van der Waals surface area (Å²) in [5, 5.41) is 8.17. The minimum Gasteiger partial charge on any atom is -0.311 e. The molecule has 1 heterocycles. The molecular weight excluding hydrogens is 265 g/mol. The highest BCUT2D eigenvalue weighted by atomic mass is 35.5. The van der Waals surface area contributed by atoms with E-state index in [-0.39, 0.29) is 5.82 Å². The largest absolute Gasteiger partial charge is 0.311 e. The van der Waals surface area contributed by atoms with Crippen molar-refractivity contribution in [2.45, 2.75) is 26.4 Å². The maximum Gasteiger partial charge on any atom is 0.124 e. The number of nitrogens with zero attached hydrogens (tertiary/aromatic N) is 2. The molecule has 1 N–H and O–H groups in total. The maximum absolute atomic E-state index is 12.9. The van der Waals surface area contributed by atoms with Gasteiger partial charge in [-0.05, 0) is 36.7 Å². The minimum absolute atomic E-state index is 0.321. The number of rotatable bonds is 6. The van der Waals surface area contributed by atoms with Gasteiger partial charge in [0.15, 0.2) is 0 Å². The molecule has 0 amide bonds. The fraction of sp³-hybridized carbons (Fsp3) is 0.357.